The van der Waals surface area contributed by atoms with Crippen LogP contribution in [0.25, 0.3) is 10.2 Å². The number of amides is 1. The number of thioether (sulfide) groups is 1. The SMILES string of the molecule is C=CCn1c(SCC(=O)Nc2ccccc2Cc2ccccc2)nc2sccc2c1=O. The lowest BCUT2D eigenvalue weighted by Crippen LogP contribution is -2.23. The quantitative estimate of drug-likeness (QED) is 0.235. The molecule has 2 heterocycles. The average molecular weight is 448 g/mol. The topological polar surface area (TPSA) is 64.0 Å². The van der Waals surface area contributed by atoms with Crippen molar-refractivity contribution in [1.29, 1.82) is 0 Å². The smallest absolute Gasteiger partial charge is 0.263 e. The summed E-state index contributed by atoms with van der Waals surface area (Å²) in [5.74, 6) is 0.0105. The molecule has 7 heteroatoms. The number of hydrogen-bond acceptors (Lipinski definition) is 5. The second-order valence-electron chi connectivity index (χ2n) is 6.89. The predicted octanol–water partition coefficient (Wildman–Crippen LogP) is 4.97. The van der Waals surface area contributed by atoms with Crippen LogP contribution < -0.4 is 10.9 Å². The molecule has 156 valence electrons. The molecule has 0 radical (unpaired) electrons. The summed E-state index contributed by atoms with van der Waals surface area (Å²) in [6.07, 6.45) is 2.39. The van der Waals surface area contributed by atoms with Gasteiger partial charge in [-0.3, -0.25) is 14.2 Å². The van der Waals surface area contributed by atoms with Gasteiger partial charge in [-0.15, -0.1) is 17.9 Å². The van der Waals surface area contributed by atoms with Crippen LogP contribution in [0.4, 0.5) is 5.69 Å². The van der Waals surface area contributed by atoms with E-state index in [1.165, 1.54) is 28.7 Å². The van der Waals surface area contributed by atoms with Gasteiger partial charge < -0.3 is 5.32 Å². The molecule has 0 atom stereocenters. The van der Waals surface area contributed by atoms with Gasteiger partial charge in [-0.2, -0.15) is 0 Å². The Morgan fingerprint density at radius 3 is 2.71 bits per heavy atom. The van der Waals surface area contributed by atoms with Crippen LogP contribution in [-0.2, 0) is 17.8 Å². The number of aromatic nitrogens is 2. The summed E-state index contributed by atoms with van der Waals surface area (Å²) in [5.41, 5.74) is 2.92. The molecule has 1 amide bonds. The maximum Gasteiger partial charge on any atom is 0.263 e. The summed E-state index contributed by atoms with van der Waals surface area (Å²) in [6.45, 7) is 4.08. The lowest BCUT2D eigenvalue weighted by Gasteiger charge is -2.12. The molecule has 2 aromatic carbocycles. The third kappa shape index (κ3) is 4.95. The minimum Gasteiger partial charge on any atom is -0.325 e. The summed E-state index contributed by atoms with van der Waals surface area (Å²) in [6, 6.07) is 19.7. The highest BCUT2D eigenvalue weighted by molar-refractivity contribution is 7.99. The largest absolute Gasteiger partial charge is 0.325 e. The first-order chi connectivity index (χ1) is 15.2. The second-order valence-corrected chi connectivity index (χ2v) is 8.73. The van der Waals surface area contributed by atoms with Crippen molar-refractivity contribution < 1.29 is 4.79 Å². The zero-order valence-electron chi connectivity index (χ0n) is 16.8. The number of anilines is 1. The Morgan fingerprint density at radius 1 is 1.13 bits per heavy atom. The lowest BCUT2D eigenvalue weighted by atomic mass is 10.0. The lowest BCUT2D eigenvalue weighted by molar-refractivity contribution is -0.113. The molecular formula is C24H21N3O2S2. The fourth-order valence-corrected chi connectivity index (χ4v) is 4.87. The number of thiophene rings is 1. The van der Waals surface area contributed by atoms with Crippen molar-refractivity contribution in [3.8, 4) is 0 Å². The number of allylic oxidation sites excluding steroid dienone is 1. The first-order valence-corrected chi connectivity index (χ1v) is 11.7. The van der Waals surface area contributed by atoms with E-state index >= 15 is 0 Å². The highest BCUT2D eigenvalue weighted by Gasteiger charge is 2.14. The monoisotopic (exact) mass is 447 g/mol. The molecule has 0 saturated carbocycles. The third-order valence-corrected chi connectivity index (χ3v) is 6.50. The molecular weight excluding hydrogens is 426 g/mol. The summed E-state index contributed by atoms with van der Waals surface area (Å²) >= 11 is 2.67. The Morgan fingerprint density at radius 2 is 1.90 bits per heavy atom. The van der Waals surface area contributed by atoms with Crippen molar-refractivity contribution in [1.82, 2.24) is 9.55 Å². The molecule has 0 aliphatic rings. The van der Waals surface area contributed by atoms with Gasteiger partial charge in [-0.25, -0.2) is 4.98 Å². The zero-order valence-corrected chi connectivity index (χ0v) is 18.4. The van der Waals surface area contributed by atoms with Gasteiger partial charge in [-0.05, 0) is 35.1 Å². The van der Waals surface area contributed by atoms with E-state index in [2.05, 4.69) is 29.0 Å². The number of carbonyl (C=O) groups excluding carboxylic acids is 1. The van der Waals surface area contributed by atoms with Crippen molar-refractivity contribution in [2.45, 2.75) is 18.1 Å². The first-order valence-electron chi connectivity index (χ1n) is 9.79. The van der Waals surface area contributed by atoms with Crippen LogP contribution in [0.1, 0.15) is 11.1 Å². The number of rotatable bonds is 8. The van der Waals surface area contributed by atoms with E-state index < -0.39 is 0 Å². The fourth-order valence-electron chi connectivity index (χ4n) is 3.26. The summed E-state index contributed by atoms with van der Waals surface area (Å²) in [4.78, 5) is 30.7. The van der Waals surface area contributed by atoms with Gasteiger partial charge in [0, 0.05) is 12.2 Å². The van der Waals surface area contributed by atoms with Gasteiger partial charge in [0.15, 0.2) is 5.16 Å². The summed E-state index contributed by atoms with van der Waals surface area (Å²) < 4.78 is 1.56. The van der Waals surface area contributed by atoms with E-state index in [1.807, 2.05) is 47.8 Å². The van der Waals surface area contributed by atoms with Gasteiger partial charge in [0.2, 0.25) is 5.91 Å². The highest BCUT2D eigenvalue weighted by Crippen LogP contribution is 2.23. The molecule has 31 heavy (non-hydrogen) atoms. The predicted molar refractivity (Wildman–Crippen MR) is 129 cm³/mol. The van der Waals surface area contributed by atoms with E-state index in [9.17, 15) is 9.59 Å². The standard InChI is InChI=1S/C24H21N3O2S2/c1-2-13-27-23(29)19-12-14-30-22(19)26-24(27)31-16-21(28)25-20-11-7-6-10-18(20)15-17-8-4-3-5-9-17/h2-12,14H,1,13,15-16H2,(H,25,28). The van der Waals surface area contributed by atoms with Gasteiger partial charge in [-0.1, -0.05) is 66.4 Å². The number of para-hydroxylation sites is 1. The Kier molecular flexibility index (Phi) is 6.64. The van der Waals surface area contributed by atoms with Crippen LogP contribution in [0.3, 0.4) is 0 Å². The van der Waals surface area contributed by atoms with Gasteiger partial charge >= 0.3 is 0 Å². The Bertz CT molecular complexity index is 1280. The second kappa shape index (κ2) is 9.76. The molecule has 2 aromatic heterocycles. The molecule has 0 bridgehead atoms. The number of carbonyl (C=O) groups is 1. The number of fused-ring (bicyclic) bond motifs is 1. The Hall–Kier alpha value is -3.16. The summed E-state index contributed by atoms with van der Waals surface area (Å²) in [5, 5.41) is 5.97. The van der Waals surface area contributed by atoms with Crippen molar-refractivity contribution in [2.24, 2.45) is 0 Å². The van der Waals surface area contributed by atoms with Crippen molar-refractivity contribution >= 4 is 44.9 Å². The molecule has 0 aliphatic heterocycles. The highest BCUT2D eigenvalue weighted by atomic mass is 32.2. The fraction of sp³-hybridized carbons (Fsp3) is 0.125. The summed E-state index contributed by atoms with van der Waals surface area (Å²) in [7, 11) is 0. The van der Waals surface area contributed by atoms with Crippen molar-refractivity contribution in [2.75, 3.05) is 11.1 Å². The van der Waals surface area contributed by atoms with E-state index in [0.717, 1.165) is 17.7 Å². The molecule has 4 rings (SSSR count). The van der Waals surface area contributed by atoms with Crippen molar-refractivity contribution in [3.63, 3.8) is 0 Å². The van der Waals surface area contributed by atoms with Crippen LogP contribution in [-0.4, -0.2) is 21.2 Å². The molecule has 0 unspecified atom stereocenters. The first kappa shape index (κ1) is 21.1. The molecule has 4 aromatic rings. The number of benzene rings is 2. The van der Waals surface area contributed by atoms with Crippen LogP contribution in [0.15, 0.2) is 88.6 Å². The van der Waals surface area contributed by atoms with Crippen LogP contribution in [0.2, 0.25) is 0 Å². The van der Waals surface area contributed by atoms with Crippen LogP contribution in [0.5, 0.6) is 0 Å². The number of nitrogens with one attached hydrogen (secondary N) is 1. The molecule has 1 N–H and O–H groups in total. The normalized spacial score (nSPS) is 10.8. The van der Waals surface area contributed by atoms with Gasteiger partial charge in [0.1, 0.15) is 4.83 Å². The molecule has 0 saturated heterocycles. The van der Waals surface area contributed by atoms with Crippen LogP contribution >= 0.6 is 23.1 Å². The van der Waals surface area contributed by atoms with Crippen molar-refractivity contribution in [3.05, 3.63) is 100 Å². The Balaban J connectivity index is 1.49. The number of hydrogen-bond donors (Lipinski definition) is 1. The zero-order chi connectivity index (χ0) is 21.6. The molecule has 0 spiro atoms. The Labute approximate surface area is 188 Å². The average Bonchev–Trinajstić information content (AvgIpc) is 3.26. The maximum absolute atomic E-state index is 12.7. The molecule has 0 aliphatic carbocycles. The van der Waals surface area contributed by atoms with Gasteiger partial charge in [0.05, 0.1) is 11.1 Å². The van der Waals surface area contributed by atoms with E-state index in [1.54, 1.807) is 16.7 Å². The van der Waals surface area contributed by atoms with E-state index in [-0.39, 0.29) is 17.2 Å². The van der Waals surface area contributed by atoms with E-state index in [0.29, 0.717) is 21.9 Å². The third-order valence-electron chi connectivity index (χ3n) is 4.72. The van der Waals surface area contributed by atoms with E-state index in [4.69, 9.17) is 0 Å². The number of nitrogens with zero attached hydrogens (tertiary/aromatic N) is 2. The minimum absolute atomic E-state index is 0.109. The molecule has 5 nitrogen and oxygen atoms in total. The molecule has 0 fully saturated rings. The maximum atomic E-state index is 12.7. The van der Waals surface area contributed by atoms with Crippen LogP contribution in [0, 0.1) is 0 Å². The minimum atomic E-state index is -0.142. The van der Waals surface area contributed by atoms with Gasteiger partial charge in [0.25, 0.3) is 5.56 Å².